The van der Waals surface area contributed by atoms with Gasteiger partial charge in [0.1, 0.15) is 6.54 Å². The van der Waals surface area contributed by atoms with Crippen LogP contribution in [0.25, 0.3) is 0 Å². The number of hydrogen-bond acceptors (Lipinski definition) is 5. The number of halogens is 4. The van der Waals surface area contributed by atoms with E-state index in [-0.39, 0.29) is 14.8 Å². The molecular formula is C24H22ClF3N2O5S2. The summed E-state index contributed by atoms with van der Waals surface area (Å²) >= 11 is 6.12. The van der Waals surface area contributed by atoms with Crippen LogP contribution in [0.2, 0.25) is 5.02 Å². The van der Waals surface area contributed by atoms with Crippen molar-refractivity contribution < 1.29 is 34.8 Å². The minimum Gasteiger partial charge on any atom is -0.348 e. The van der Waals surface area contributed by atoms with E-state index in [4.69, 9.17) is 11.6 Å². The molecular weight excluding hydrogens is 553 g/mol. The maximum Gasteiger partial charge on any atom is 0.416 e. The number of nitrogens with one attached hydrogen (secondary N) is 1. The molecule has 0 radical (unpaired) electrons. The molecule has 0 aliphatic heterocycles. The maximum absolute atomic E-state index is 13.4. The van der Waals surface area contributed by atoms with E-state index in [1.165, 1.54) is 48.5 Å². The summed E-state index contributed by atoms with van der Waals surface area (Å²) in [6.45, 7) is 0.713. The van der Waals surface area contributed by atoms with Gasteiger partial charge in [-0.2, -0.15) is 13.2 Å². The smallest absolute Gasteiger partial charge is 0.348 e. The van der Waals surface area contributed by atoms with Gasteiger partial charge >= 0.3 is 6.18 Å². The minimum atomic E-state index is -4.78. The van der Waals surface area contributed by atoms with E-state index in [2.05, 4.69) is 5.32 Å². The Morgan fingerprint density at radius 1 is 0.946 bits per heavy atom. The van der Waals surface area contributed by atoms with Crippen LogP contribution in [-0.2, 0) is 30.8 Å². The molecule has 0 spiro atoms. The van der Waals surface area contributed by atoms with Gasteiger partial charge < -0.3 is 5.32 Å². The van der Waals surface area contributed by atoms with E-state index in [9.17, 15) is 34.8 Å². The third-order valence-corrected chi connectivity index (χ3v) is 8.57. The summed E-state index contributed by atoms with van der Waals surface area (Å²) in [6.07, 6.45) is -3.73. The number of hydrogen-bond donors (Lipinski definition) is 1. The standard InChI is InChI=1S/C24H22ClF3N2O5S2/c1-16(17-8-11-19(12-9-17)36(2,32)33)29-23(31)15-30(37(34,35)20-6-4-3-5-7-20)22-14-18(24(26,27)28)10-13-21(22)25/h3-14,16H,15H2,1-2H3,(H,29,31)/t16-/m0/s1. The van der Waals surface area contributed by atoms with Crippen molar-refractivity contribution in [1.29, 1.82) is 0 Å². The van der Waals surface area contributed by atoms with Gasteiger partial charge in [0.05, 0.1) is 32.1 Å². The van der Waals surface area contributed by atoms with Crippen molar-refractivity contribution in [3.8, 4) is 0 Å². The fourth-order valence-electron chi connectivity index (χ4n) is 3.40. The number of carbonyl (C=O) groups excluding carboxylic acids is 1. The van der Waals surface area contributed by atoms with Crippen LogP contribution in [0, 0.1) is 0 Å². The molecule has 0 aliphatic carbocycles. The van der Waals surface area contributed by atoms with Crippen molar-refractivity contribution in [3.05, 3.63) is 88.9 Å². The molecule has 1 N–H and O–H groups in total. The van der Waals surface area contributed by atoms with E-state index in [0.717, 1.165) is 12.3 Å². The molecule has 0 saturated heterocycles. The molecule has 0 aliphatic rings. The average molecular weight is 575 g/mol. The lowest BCUT2D eigenvalue weighted by Gasteiger charge is -2.26. The fraction of sp³-hybridized carbons (Fsp3) is 0.208. The van der Waals surface area contributed by atoms with Crippen LogP contribution in [0.1, 0.15) is 24.1 Å². The van der Waals surface area contributed by atoms with Gasteiger partial charge in [0.25, 0.3) is 10.0 Å². The highest BCUT2D eigenvalue weighted by atomic mass is 35.5. The number of sulfone groups is 1. The molecule has 7 nitrogen and oxygen atoms in total. The van der Waals surface area contributed by atoms with E-state index >= 15 is 0 Å². The summed E-state index contributed by atoms with van der Waals surface area (Å²) in [5.41, 5.74) is -1.13. The molecule has 0 aromatic heterocycles. The third-order valence-electron chi connectivity index (χ3n) is 5.35. The number of sulfonamides is 1. The predicted octanol–water partition coefficient (Wildman–Crippen LogP) is 4.84. The molecule has 3 aromatic rings. The Bertz CT molecular complexity index is 1500. The van der Waals surface area contributed by atoms with Gasteiger partial charge in [-0.15, -0.1) is 0 Å². The van der Waals surface area contributed by atoms with E-state index < -0.39 is 55.8 Å². The first kappa shape index (κ1) is 28.5. The molecule has 1 amide bonds. The zero-order chi connectivity index (χ0) is 27.6. The molecule has 0 saturated carbocycles. The van der Waals surface area contributed by atoms with Crippen molar-refractivity contribution >= 4 is 43.1 Å². The summed E-state index contributed by atoms with van der Waals surface area (Å²) in [5, 5.41) is 2.28. The fourth-order valence-corrected chi connectivity index (χ4v) is 5.76. The van der Waals surface area contributed by atoms with E-state index in [1.54, 1.807) is 13.0 Å². The number of benzene rings is 3. The molecule has 198 valence electrons. The van der Waals surface area contributed by atoms with Gasteiger partial charge in [0.2, 0.25) is 5.91 Å². The van der Waals surface area contributed by atoms with Crippen molar-refractivity contribution in [2.24, 2.45) is 0 Å². The number of anilines is 1. The second-order valence-corrected chi connectivity index (χ2v) is 12.4. The number of rotatable bonds is 8. The van der Waals surface area contributed by atoms with E-state index in [1.807, 2.05) is 0 Å². The molecule has 3 rings (SSSR count). The second-order valence-electron chi connectivity index (χ2n) is 8.12. The first-order valence-electron chi connectivity index (χ1n) is 10.6. The van der Waals surface area contributed by atoms with Crippen LogP contribution >= 0.6 is 11.6 Å². The van der Waals surface area contributed by atoms with Crippen molar-refractivity contribution in [2.45, 2.75) is 28.9 Å². The lowest BCUT2D eigenvalue weighted by molar-refractivity contribution is -0.137. The molecule has 0 bridgehead atoms. The topological polar surface area (TPSA) is 101 Å². The van der Waals surface area contributed by atoms with Crippen LogP contribution in [0.4, 0.5) is 18.9 Å². The summed E-state index contributed by atoms with van der Waals surface area (Å²) in [7, 11) is -7.93. The molecule has 13 heteroatoms. The molecule has 1 atom stereocenters. The largest absolute Gasteiger partial charge is 0.416 e. The Kier molecular flexibility index (Phi) is 8.25. The Labute approximate surface area is 217 Å². The predicted molar refractivity (Wildman–Crippen MR) is 134 cm³/mol. The summed E-state index contributed by atoms with van der Waals surface area (Å²) in [5.74, 6) is -0.826. The molecule has 37 heavy (non-hydrogen) atoms. The van der Waals surface area contributed by atoms with Gasteiger partial charge in [-0.25, -0.2) is 16.8 Å². The highest BCUT2D eigenvalue weighted by Crippen LogP contribution is 2.37. The van der Waals surface area contributed by atoms with Crippen LogP contribution in [-0.4, -0.2) is 35.5 Å². The Balaban J connectivity index is 1.96. The Hall–Kier alpha value is -3.09. The molecule has 0 heterocycles. The van der Waals surface area contributed by atoms with Crippen molar-refractivity contribution in [2.75, 3.05) is 17.1 Å². The molecule has 3 aromatic carbocycles. The van der Waals surface area contributed by atoms with Crippen LogP contribution < -0.4 is 9.62 Å². The quantitative estimate of drug-likeness (QED) is 0.415. The normalized spacial score (nSPS) is 13.1. The van der Waals surface area contributed by atoms with Crippen molar-refractivity contribution in [1.82, 2.24) is 5.32 Å². The zero-order valence-corrected chi connectivity index (χ0v) is 21.9. The van der Waals surface area contributed by atoms with Gasteiger partial charge in [-0.05, 0) is 55.0 Å². The summed E-state index contributed by atoms with van der Waals surface area (Å²) in [4.78, 5) is 12.8. The lowest BCUT2D eigenvalue weighted by Crippen LogP contribution is -2.41. The second kappa shape index (κ2) is 10.7. The van der Waals surface area contributed by atoms with Crippen molar-refractivity contribution in [3.63, 3.8) is 0 Å². The first-order valence-corrected chi connectivity index (χ1v) is 14.4. The monoisotopic (exact) mass is 574 g/mol. The van der Waals surface area contributed by atoms with Gasteiger partial charge in [-0.3, -0.25) is 9.10 Å². The number of nitrogens with zero attached hydrogens (tertiary/aromatic N) is 1. The summed E-state index contributed by atoms with van der Waals surface area (Å²) < 4.78 is 90.8. The third kappa shape index (κ3) is 6.82. The minimum absolute atomic E-state index is 0.0779. The van der Waals surface area contributed by atoms with Crippen LogP contribution in [0.5, 0.6) is 0 Å². The van der Waals surface area contributed by atoms with Crippen LogP contribution in [0.15, 0.2) is 82.6 Å². The lowest BCUT2D eigenvalue weighted by atomic mass is 10.1. The maximum atomic E-state index is 13.4. The van der Waals surface area contributed by atoms with Gasteiger partial charge in [0.15, 0.2) is 9.84 Å². The Morgan fingerprint density at radius 2 is 1.54 bits per heavy atom. The average Bonchev–Trinajstić information content (AvgIpc) is 2.82. The molecule has 0 fully saturated rings. The van der Waals surface area contributed by atoms with Gasteiger partial charge in [0, 0.05) is 6.26 Å². The molecule has 0 unspecified atom stereocenters. The number of amides is 1. The number of carbonyl (C=O) groups is 1. The Morgan fingerprint density at radius 3 is 2.08 bits per heavy atom. The van der Waals surface area contributed by atoms with Gasteiger partial charge in [-0.1, -0.05) is 41.9 Å². The first-order chi connectivity index (χ1) is 17.1. The number of alkyl halides is 3. The highest BCUT2D eigenvalue weighted by Gasteiger charge is 2.34. The van der Waals surface area contributed by atoms with E-state index in [0.29, 0.717) is 22.0 Å². The summed E-state index contributed by atoms with van der Waals surface area (Å²) in [6, 6.07) is 14.1. The van der Waals surface area contributed by atoms with Crippen LogP contribution in [0.3, 0.4) is 0 Å². The highest BCUT2D eigenvalue weighted by molar-refractivity contribution is 7.93. The SMILES string of the molecule is C[C@H](NC(=O)CN(c1cc(C(F)(F)F)ccc1Cl)S(=O)(=O)c1ccccc1)c1ccc(S(C)(=O)=O)cc1. The zero-order valence-electron chi connectivity index (χ0n) is 19.5.